The zero-order chi connectivity index (χ0) is 22.6. The largest absolute Gasteiger partial charge is 0.494 e. The minimum absolute atomic E-state index is 0. The number of benzene rings is 1. The molecule has 1 amide bonds. The first-order valence-corrected chi connectivity index (χ1v) is 11.4. The maximum atomic E-state index is 12.0. The summed E-state index contributed by atoms with van der Waals surface area (Å²) in [6.07, 6.45) is 3.90. The predicted octanol–water partition coefficient (Wildman–Crippen LogP) is 4.20. The van der Waals surface area contributed by atoms with Gasteiger partial charge in [0.2, 0.25) is 0 Å². The Hall–Kier alpha value is -2.43. The van der Waals surface area contributed by atoms with Crippen LogP contribution in [0.2, 0.25) is 0 Å². The summed E-state index contributed by atoms with van der Waals surface area (Å²) in [7, 11) is 0. The lowest BCUT2D eigenvalue weighted by Gasteiger charge is -2.32. The molecule has 33 heavy (non-hydrogen) atoms. The summed E-state index contributed by atoms with van der Waals surface area (Å²) in [5.41, 5.74) is 1.04. The summed E-state index contributed by atoms with van der Waals surface area (Å²) in [5.74, 6) is 2.54. The maximum Gasteiger partial charge on any atom is 0.409 e. The van der Waals surface area contributed by atoms with Gasteiger partial charge in [0, 0.05) is 37.7 Å². The van der Waals surface area contributed by atoms with Gasteiger partial charge in [-0.15, -0.1) is 24.0 Å². The van der Waals surface area contributed by atoms with Crippen LogP contribution in [0, 0.1) is 0 Å². The second kappa shape index (κ2) is 14.7. The standard InChI is InChI=1S/C24H34N4O4.HI/c1-3-30-22-10-6-5-8-19(22)18-26-23(25-14-11-21-9-7-17-32-21)27-20-12-15-28(16-13-20)24(29)31-4-2;/h5-10,17,20H,3-4,11-16,18H2,1-2H3,(H2,25,26,27);1H. The number of halogens is 1. The Balaban J connectivity index is 0.00000385. The minimum Gasteiger partial charge on any atom is -0.494 e. The molecule has 0 unspecified atom stereocenters. The molecule has 0 spiro atoms. The normalized spacial score (nSPS) is 14.4. The van der Waals surface area contributed by atoms with E-state index < -0.39 is 0 Å². The highest BCUT2D eigenvalue weighted by molar-refractivity contribution is 14.0. The third kappa shape index (κ3) is 8.79. The number of carbonyl (C=O) groups is 1. The Labute approximate surface area is 213 Å². The van der Waals surface area contributed by atoms with Gasteiger partial charge in [-0.1, -0.05) is 18.2 Å². The van der Waals surface area contributed by atoms with Gasteiger partial charge in [0.05, 0.1) is 26.0 Å². The molecule has 0 atom stereocenters. The van der Waals surface area contributed by atoms with E-state index >= 15 is 0 Å². The number of carbonyl (C=O) groups excluding carboxylic acids is 1. The molecule has 0 aliphatic carbocycles. The topological polar surface area (TPSA) is 88.3 Å². The minimum atomic E-state index is -0.232. The van der Waals surface area contributed by atoms with E-state index in [4.69, 9.17) is 18.9 Å². The van der Waals surface area contributed by atoms with Crippen LogP contribution in [0.1, 0.15) is 38.0 Å². The fourth-order valence-corrected chi connectivity index (χ4v) is 3.62. The van der Waals surface area contributed by atoms with Crippen molar-refractivity contribution < 1.29 is 18.7 Å². The second-order valence-corrected chi connectivity index (χ2v) is 7.57. The molecule has 0 saturated carbocycles. The molecule has 9 heteroatoms. The quantitative estimate of drug-likeness (QED) is 0.267. The van der Waals surface area contributed by atoms with Crippen molar-refractivity contribution in [3.8, 4) is 5.75 Å². The van der Waals surface area contributed by atoms with Crippen LogP contribution in [0.15, 0.2) is 52.1 Å². The van der Waals surface area contributed by atoms with E-state index in [1.54, 1.807) is 11.2 Å². The molecule has 2 N–H and O–H groups in total. The number of para-hydroxylation sites is 1. The number of hydrogen-bond acceptors (Lipinski definition) is 5. The summed E-state index contributed by atoms with van der Waals surface area (Å²) in [5, 5.41) is 6.95. The first-order valence-electron chi connectivity index (χ1n) is 11.4. The molecule has 2 aromatic rings. The first-order chi connectivity index (χ1) is 15.7. The van der Waals surface area contributed by atoms with Gasteiger partial charge in [0.1, 0.15) is 11.5 Å². The van der Waals surface area contributed by atoms with E-state index in [0.717, 1.165) is 42.3 Å². The maximum absolute atomic E-state index is 12.0. The van der Waals surface area contributed by atoms with E-state index in [-0.39, 0.29) is 36.1 Å². The van der Waals surface area contributed by atoms with Crippen LogP contribution < -0.4 is 15.4 Å². The average molecular weight is 570 g/mol. The van der Waals surface area contributed by atoms with Crippen LogP contribution in [0.5, 0.6) is 5.75 Å². The van der Waals surface area contributed by atoms with Crippen LogP contribution in [0.3, 0.4) is 0 Å². The highest BCUT2D eigenvalue weighted by Crippen LogP contribution is 2.19. The lowest BCUT2D eigenvalue weighted by atomic mass is 10.1. The molecule has 1 saturated heterocycles. The summed E-state index contributed by atoms with van der Waals surface area (Å²) in [4.78, 5) is 18.5. The Morgan fingerprint density at radius 2 is 1.94 bits per heavy atom. The molecule has 3 rings (SSSR count). The number of guanidine groups is 1. The van der Waals surface area contributed by atoms with Crippen molar-refractivity contribution in [3.05, 3.63) is 54.0 Å². The molecular formula is C24H35IN4O4. The Bertz CT molecular complexity index is 852. The molecule has 0 bridgehead atoms. The molecule has 1 aliphatic rings. The van der Waals surface area contributed by atoms with Crippen molar-refractivity contribution in [2.75, 3.05) is 32.8 Å². The smallest absolute Gasteiger partial charge is 0.409 e. The summed E-state index contributed by atoms with van der Waals surface area (Å²) >= 11 is 0. The van der Waals surface area contributed by atoms with Crippen molar-refractivity contribution in [2.24, 2.45) is 4.99 Å². The van der Waals surface area contributed by atoms with E-state index in [1.165, 1.54) is 0 Å². The lowest BCUT2D eigenvalue weighted by Crippen LogP contribution is -2.50. The highest BCUT2D eigenvalue weighted by Gasteiger charge is 2.24. The number of rotatable bonds is 9. The lowest BCUT2D eigenvalue weighted by molar-refractivity contribution is 0.0963. The number of furan rings is 1. The number of nitrogens with one attached hydrogen (secondary N) is 2. The van der Waals surface area contributed by atoms with Gasteiger partial charge in [-0.05, 0) is 44.9 Å². The third-order valence-corrected chi connectivity index (χ3v) is 5.29. The van der Waals surface area contributed by atoms with Gasteiger partial charge < -0.3 is 29.4 Å². The molecular weight excluding hydrogens is 535 g/mol. The van der Waals surface area contributed by atoms with Crippen molar-refractivity contribution in [1.82, 2.24) is 15.5 Å². The van der Waals surface area contributed by atoms with Crippen LogP contribution in [0.25, 0.3) is 0 Å². The zero-order valence-electron chi connectivity index (χ0n) is 19.4. The van der Waals surface area contributed by atoms with Crippen LogP contribution in [0.4, 0.5) is 4.79 Å². The predicted molar refractivity (Wildman–Crippen MR) is 139 cm³/mol. The molecule has 1 aromatic carbocycles. The van der Waals surface area contributed by atoms with Crippen molar-refractivity contribution in [3.63, 3.8) is 0 Å². The van der Waals surface area contributed by atoms with E-state index in [2.05, 4.69) is 10.6 Å². The number of likely N-dealkylation sites (tertiary alicyclic amines) is 1. The molecule has 8 nitrogen and oxygen atoms in total. The van der Waals surface area contributed by atoms with Gasteiger partial charge in [-0.25, -0.2) is 9.79 Å². The van der Waals surface area contributed by atoms with Gasteiger partial charge in [0.25, 0.3) is 0 Å². The Morgan fingerprint density at radius 1 is 1.15 bits per heavy atom. The molecule has 1 aliphatic heterocycles. The van der Waals surface area contributed by atoms with Crippen molar-refractivity contribution in [1.29, 1.82) is 0 Å². The first kappa shape index (κ1) is 26.8. The van der Waals surface area contributed by atoms with Gasteiger partial charge in [-0.2, -0.15) is 0 Å². The van der Waals surface area contributed by atoms with Gasteiger partial charge >= 0.3 is 6.09 Å². The van der Waals surface area contributed by atoms with Crippen LogP contribution in [-0.2, 0) is 17.7 Å². The third-order valence-electron chi connectivity index (χ3n) is 5.29. The summed E-state index contributed by atoms with van der Waals surface area (Å²) < 4.78 is 16.3. The van der Waals surface area contributed by atoms with Crippen molar-refractivity contribution >= 4 is 36.0 Å². The van der Waals surface area contributed by atoms with Gasteiger partial charge in [-0.3, -0.25) is 0 Å². The fraction of sp³-hybridized carbons (Fsp3) is 0.500. The monoisotopic (exact) mass is 570 g/mol. The van der Waals surface area contributed by atoms with E-state index in [9.17, 15) is 4.79 Å². The Kier molecular flexibility index (Phi) is 11.9. The van der Waals surface area contributed by atoms with Crippen LogP contribution in [-0.4, -0.2) is 55.8 Å². The molecule has 182 valence electrons. The average Bonchev–Trinajstić information content (AvgIpc) is 3.32. The summed E-state index contributed by atoms with van der Waals surface area (Å²) in [6.45, 7) is 7.37. The molecule has 0 radical (unpaired) electrons. The second-order valence-electron chi connectivity index (χ2n) is 7.57. The Morgan fingerprint density at radius 3 is 2.64 bits per heavy atom. The fourth-order valence-electron chi connectivity index (χ4n) is 3.62. The molecule has 1 aromatic heterocycles. The number of hydrogen-bond donors (Lipinski definition) is 2. The molecule has 1 fully saturated rings. The number of nitrogens with zero attached hydrogens (tertiary/aromatic N) is 2. The number of amides is 1. The number of aliphatic imine (C=N–C) groups is 1. The van der Waals surface area contributed by atoms with Crippen molar-refractivity contribution in [2.45, 2.75) is 45.7 Å². The zero-order valence-corrected chi connectivity index (χ0v) is 21.7. The SMILES string of the molecule is CCOC(=O)N1CCC(NC(=NCc2ccccc2OCC)NCCc2ccco2)CC1.I. The molecule has 2 heterocycles. The van der Waals surface area contributed by atoms with Crippen LogP contribution >= 0.6 is 24.0 Å². The highest BCUT2D eigenvalue weighted by atomic mass is 127. The summed E-state index contributed by atoms with van der Waals surface area (Å²) in [6, 6.07) is 12.1. The number of ether oxygens (including phenoxy) is 2. The van der Waals surface area contributed by atoms with Gasteiger partial charge in [0.15, 0.2) is 5.96 Å². The van der Waals surface area contributed by atoms with E-state index in [1.807, 2.05) is 50.2 Å². The number of piperidine rings is 1. The van der Waals surface area contributed by atoms with E-state index in [0.29, 0.717) is 39.4 Å².